The Kier molecular flexibility index (Phi) is 5.40. The molecule has 4 rings (SSSR count). The van der Waals surface area contributed by atoms with Crippen LogP contribution in [0.15, 0.2) is 29.2 Å². The maximum Gasteiger partial charge on any atom is 0.257 e. The third kappa shape index (κ3) is 3.44. The SMILES string of the molecule is CCN1C(=O)CN(C)C(=O)c2c1sc1c2CCN(C(=O)c2ccc(SC)cc2)C1. The summed E-state index contributed by atoms with van der Waals surface area (Å²) in [7, 11) is 1.67. The molecular weight excluding hydrogens is 406 g/mol. The van der Waals surface area contributed by atoms with E-state index in [1.165, 1.54) is 16.2 Å². The monoisotopic (exact) mass is 429 g/mol. The van der Waals surface area contributed by atoms with Gasteiger partial charge in [-0.05, 0) is 49.4 Å². The van der Waals surface area contributed by atoms with Gasteiger partial charge in [0.05, 0.1) is 12.1 Å². The second kappa shape index (κ2) is 7.84. The number of carbonyl (C=O) groups excluding carboxylic acids is 3. The van der Waals surface area contributed by atoms with Gasteiger partial charge in [0.1, 0.15) is 11.5 Å². The lowest BCUT2D eigenvalue weighted by molar-refractivity contribution is -0.118. The van der Waals surface area contributed by atoms with Gasteiger partial charge in [-0.1, -0.05) is 0 Å². The second-order valence-corrected chi connectivity index (χ2v) is 9.15. The second-order valence-electron chi connectivity index (χ2n) is 7.19. The van der Waals surface area contributed by atoms with Crippen molar-refractivity contribution in [3.8, 4) is 0 Å². The van der Waals surface area contributed by atoms with E-state index in [-0.39, 0.29) is 24.3 Å². The normalized spacial score (nSPS) is 16.6. The van der Waals surface area contributed by atoms with Crippen LogP contribution in [0, 0.1) is 0 Å². The summed E-state index contributed by atoms with van der Waals surface area (Å²) in [4.78, 5) is 45.6. The number of nitrogens with zero attached hydrogens (tertiary/aromatic N) is 3. The van der Waals surface area contributed by atoms with E-state index in [1.54, 1.807) is 23.7 Å². The molecule has 1 aromatic carbocycles. The fourth-order valence-corrected chi connectivity index (χ4v) is 5.72. The minimum Gasteiger partial charge on any atom is -0.333 e. The molecule has 0 saturated heterocycles. The van der Waals surface area contributed by atoms with Crippen LogP contribution >= 0.6 is 23.1 Å². The van der Waals surface area contributed by atoms with Crippen molar-refractivity contribution in [1.82, 2.24) is 9.80 Å². The van der Waals surface area contributed by atoms with Gasteiger partial charge in [-0.25, -0.2) is 0 Å². The van der Waals surface area contributed by atoms with E-state index in [9.17, 15) is 14.4 Å². The van der Waals surface area contributed by atoms with Gasteiger partial charge in [-0.3, -0.25) is 14.4 Å². The minimum absolute atomic E-state index is 0.00114. The summed E-state index contributed by atoms with van der Waals surface area (Å²) in [5, 5.41) is 0.732. The van der Waals surface area contributed by atoms with Crippen LogP contribution in [0.2, 0.25) is 0 Å². The van der Waals surface area contributed by atoms with E-state index in [4.69, 9.17) is 0 Å². The highest BCUT2D eigenvalue weighted by atomic mass is 32.2. The zero-order chi connectivity index (χ0) is 20.7. The van der Waals surface area contributed by atoms with Gasteiger partial charge < -0.3 is 14.7 Å². The molecule has 0 spiro atoms. The molecule has 0 radical (unpaired) electrons. The van der Waals surface area contributed by atoms with Crippen molar-refractivity contribution in [2.75, 3.05) is 37.8 Å². The number of rotatable bonds is 3. The van der Waals surface area contributed by atoms with Crippen molar-refractivity contribution in [1.29, 1.82) is 0 Å². The molecule has 8 heteroatoms. The first-order chi connectivity index (χ1) is 13.9. The van der Waals surface area contributed by atoms with E-state index in [0.29, 0.717) is 37.2 Å². The molecule has 0 fully saturated rings. The molecule has 2 aromatic rings. The van der Waals surface area contributed by atoms with Gasteiger partial charge in [0.15, 0.2) is 0 Å². The predicted octanol–water partition coefficient (Wildman–Crippen LogP) is 3.11. The molecule has 2 aliphatic rings. The van der Waals surface area contributed by atoms with Crippen LogP contribution in [-0.2, 0) is 17.8 Å². The topological polar surface area (TPSA) is 60.9 Å². The van der Waals surface area contributed by atoms with Crippen molar-refractivity contribution >= 4 is 45.8 Å². The Morgan fingerprint density at radius 1 is 1.17 bits per heavy atom. The summed E-state index contributed by atoms with van der Waals surface area (Å²) in [6.45, 7) is 3.58. The molecule has 29 heavy (non-hydrogen) atoms. The summed E-state index contributed by atoms with van der Waals surface area (Å²) in [6, 6.07) is 7.65. The summed E-state index contributed by atoms with van der Waals surface area (Å²) < 4.78 is 0. The van der Waals surface area contributed by atoms with Crippen molar-refractivity contribution in [3.63, 3.8) is 0 Å². The fraction of sp³-hybridized carbons (Fsp3) is 0.381. The number of hydrogen-bond acceptors (Lipinski definition) is 5. The highest BCUT2D eigenvalue weighted by Gasteiger charge is 2.36. The minimum atomic E-state index is -0.103. The van der Waals surface area contributed by atoms with Crippen LogP contribution in [-0.4, -0.2) is 60.5 Å². The van der Waals surface area contributed by atoms with Crippen molar-refractivity contribution < 1.29 is 14.4 Å². The lowest BCUT2D eigenvalue weighted by Gasteiger charge is -2.27. The Hall–Kier alpha value is -2.32. The lowest BCUT2D eigenvalue weighted by atomic mass is 10.0. The zero-order valence-corrected chi connectivity index (χ0v) is 18.4. The highest BCUT2D eigenvalue weighted by Crippen LogP contribution is 2.41. The third-order valence-corrected chi connectivity index (χ3v) is 7.44. The van der Waals surface area contributed by atoms with E-state index in [2.05, 4.69) is 0 Å². The summed E-state index contributed by atoms with van der Waals surface area (Å²) in [6.07, 6.45) is 2.63. The summed E-state index contributed by atoms with van der Waals surface area (Å²) >= 11 is 3.12. The average Bonchev–Trinajstić information content (AvgIpc) is 3.07. The van der Waals surface area contributed by atoms with Crippen molar-refractivity contribution in [3.05, 3.63) is 45.8 Å². The molecule has 0 saturated carbocycles. The van der Waals surface area contributed by atoms with Crippen LogP contribution in [0.3, 0.4) is 0 Å². The Morgan fingerprint density at radius 2 is 1.90 bits per heavy atom. The largest absolute Gasteiger partial charge is 0.333 e. The number of carbonyl (C=O) groups is 3. The standard InChI is InChI=1S/C21H23N3O3S2/c1-4-24-17(25)12-22(2)20(27)18-15-9-10-23(11-16(15)29-21(18)24)19(26)13-5-7-14(28-3)8-6-13/h5-8H,4,9-12H2,1-3H3. The number of benzene rings is 1. The number of anilines is 1. The molecular formula is C21H23N3O3S2. The molecule has 0 bridgehead atoms. The molecule has 6 nitrogen and oxygen atoms in total. The predicted molar refractivity (Wildman–Crippen MR) is 116 cm³/mol. The van der Waals surface area contributed by atoms with Crippen LogP contribution in [0.5, 0.6) is 0 Å². The summed E-state index contributed by atoms with van der Waals surface area (Å²) in [5.41, 5.74) is 2.32. The van der Waals surface area contributed by atoms with Crippen LogP contribution in [0.25, 0.3) is 0 Å². The maximum absolute atomic E-state index is 13.0. The molecule has 152 valence electrons. The number of amides is 3. The Labute approximate surface area is 178 Å². The average molecular weight is 430 g/mol. The Bertz CT molecular complexity index is 984. The van der Waals surface area contributed by atoms with E-state index >= 15 is 0 Å². The molecule has 1 aromatic heterocycles. The lowest BCUT2D eigenvalue weighted by Crippen LogP contribution is -2.38. The number of thiophene rings is 1. The van der Waals surface area contributed by atoms with Gasteiger partial charge >= 0.3 is 0 Å². The zero-order valence-electron chi connectivity index (χ0n) is 16.7. The van der Waals surface area contributed by atoms with Gasteiger partial charge in [0, 0.05) is 35.5 Å². The first-order valence-electron chi connectivity index (χ1n) is 9.58. The van der Waals surface area contributed by atoms with Gasteiger partial charge in [-0.15, -0.1) is 23.1 Å². The number of fused-ring (bicyclic) bond motifs is 3. The number of thioether (sulfide) groups is 1. The molecule has 0 N–H and O–H groups in total. The quantitative estimate of drug-likeness (QED) is 0.704. The first kappa shape index (κ1) is 20.0. The van der Waals surface area contributed by atoms with E-state index in [1.807, 2.05) is 42.3 Å². The highest BCUT2D eigenvalue weighted by molar-refractivity contribution is 7.98. The number of hydrogen-bond donors (Lipinski definition) is 0. The smallest absolute Gasteiger partial charge is 0.257 e. The van der Waals surface area contributed by atoms with Crippen molar-refractivity contribution in [2.24, 2.45) is 0 Å². The van der Waals surface area contributed by atoms with Crippen molar-refractivity contribution in [2.45, 2.75) is 24.8 Å². The van der Waals surface area contributed by atoms with Gasteiger partial charge in [0.25, 0.3) is 11.8 Å². The third-order valence-electron chi connectivity index (χ3n) is 5.46. The Balaban J connectivity index is 1.65. The van der Waals surface area contributed by atoms with E-state index < -0.39 is 0 Å². The molecule has 0 unspecified atom stereocenters. The Morgan fingerprint density at radius 3 is 2.55 bits per heavy atom. The number of likely N-dealkylation sites (N-methyl/N-ethyl adjacent to an activating group) is 2. The molecule has 0 aliphatic carbocycles. The van der Waals surface area contributed by atoms with Crippen LogP contribution in [0.1, 0.15) is 38.1 Å². The van der Waals surface area contributed by atoms with E-state index in [0.717, 1.165) is 20.3 Å². The molecule has 0 atom stereocenters. The molecule has 3 heterocycles. The van der Waals surface area contributed by atoms with Gasteiger partial charge in [0.2, 0.25) is 5.91 Å². The fourth-order valence-electron chi connectivity index (χ4n) is 3.87. The van der Waals surface area contributed by atoms with Crippen LogP contribution in [0.4, 0.5) is 5.00 Å². The molecule has 2 aliphatic heterocycles. The maximum atomic E-state index is 13.0. The van der Waals surface area contributed by atoms with Crippen LogP contribution < -0.4 is 4.90 Å². The van der Waals surface area contributed by atoms with Gasteiger partial charge in [-0.2, -0.15) is 0 Å². The summed E-state index contributed by atoms with van der Waals surface area (Å²) in [5.74, 6) is -0.171. The first-order valence-corrected chi connectivity index (χ1v) is 11.6. The molecule has 3 amide bonds.